The Bertz CT molecular complexity index is 416. The summed E-state index contributed by atoms with van der Waals surface area (Å²) in [6.45, 7) is 4.13. The lowest BCUT2D eigenvalue weighted by Gasteiger charge is -2.34. The highest BCUT2D eigenvalue weighted by molar-refractivity contribution is 7.13. The Morgan fingerprint density at radius 3 is 2.95 bits per heavy atom. The lowest BCUT2D eigenvalue weighted by molar-refractivity contribution is -0.114. The lowest BCUT2D eigenvalue weighted by Crippen LogP contribution is -2.43. The quantitative estimate of drug-likeness (QED) is 0.881. The molecule has 2 rings (SSSR count). The van der Waals surface area contributed by atoms with Crippen LogP contribution in [0.2, 0.25) is 0 Å². The van der Waals surface area contributed by atoms with E-state index in [9.17, 15) is 4.79 Å². The van der Waals surface area contributed by atoms with Crippen molar-refractivity contribution in [1.82, 2.24) is 9.88 Å². The molecule has 0 bridgehead atoms. The molecule has 116 valence electrons. The molecule has 1 fully saturated rings. The number of nitrogens with one attached hydrogen (secondary N) is 1. The molecule has 2 heterocycles. The number of anilines is 1. The van der Waals surface area contributed by atoms with Crippen LogP contribution in [0.3, 0.4) is 0 Å². The molecule has 0 spiro atoms. The normalized spacial score (nSPS) is 18.8. The third-order valence-corrected chi connectivity index (χ3v) is 4.03. The molecule has 1 atom stereocenters. The van der Waals surface area contributed by atoms with Gasteiger partial charge in [0.05, 0.1) is 5.69 Å². The molecule has 0 aromatic carbocycles. The number of carbonyl (C=O) groups excluding carboxylic acids is 1. The standard InChI is InChI=1S/C12H20N4OS.2ClH/c1-9(17)14-12-15-10(8-18-12)7-16-5-3-2-4-11(16)6-13;;/h8,11H,2-7,13H2,1H3,(H,14,15,17);2*1H. The number of nitrogens with zero attached hydrogens (tertiary/aromatic N) is 2. The van der Waals surface area contributed by atoms with E-state index in [1.165, 1.54) is 37.5 Å². The highest BCUT2D eigenvalue weighted by Gasteiger charge is 2.21. The second-order valence-electron chi connectivity index (χ2n) is 4.68. The first-order valence-electron chi connectivity index (χ1n) is 6.35. The van der Waals surface area contributed by atoms with Gasteiger partial charge >= 0.3 is 0 Å². The number of halogens is 2. The average molecular weight is 341 g/mol. The molecule has 8 heteroatoms. The van der Waals surface area contributed by atoms with Crippen molar-refractivity contribution in [2.45, 2.75) is 38.8 Å². The molecule has 0 aliphatic carbocycles. The zero-order valence-electron chi connectivity index (χ0n) is 11.5. The predicted octanol–water partition coefficient (Wildman–Crippen LogP) is 2.26. The Balaban J connectivity index is 0.00000180. The summed E-state index contributed by atoms with van der Waals surface area (Å²) in [5, 5.41) is 5.40. The largest absolute Gasteiger partial charge is 0.329 e. The van der Waals surface area contributed by atoms with Gasteiger partial charge in [-0.05, 0) is 19.4 Å². The minimum absolute atomic E-state index is 0. The molecule has 1 unspecified atom stereocenters. The van der Waals surface area contributed by atoms with Gasteiger partial charge in [-0.15, -0.1) is 36.2 Å². The van der Waals surface area contributed by atoms with Crippen LogP contribution < -0.4 is 11.1 Å². The number of piperidine rings is 1. The third-order valence-electron chi connectivity index (χ3n) is 3.22. The first-order chi connectivity index (χ1) is 8.69. The number of likely N-dealkylation sites (tertiary alicyclic amines) is 1. The molecule has 1 aromatic rings. The van der Waals surface area contributed by atoms with Gasteiger partial charge in [-0.2, -0.15) is 0 Å². The van der Waals surface area contributed by atoms with E-state index in [-0.39, 0.29) is 30.7 Å². The molecule has 0 saturated carbocycles. The lowest BCUT2D eigenvalue weighted by atomic mass is 10.0. The summed E-state index contributed by atoms with van der Waals surface area (Å²) >= 11 is 1.47. The summed E-state index contributed by atoms with van der Waals surface area (Å²) in [5.41, 5.74) is 6.82. The fraction of sp³-hybridized carbons (Fsp3) is 0.667. The number of thiazole rings is 1. The molecular formula is C12H22Cl2N4OS. The number of rotatable bonds is 4. The van der Waals surface area contributed by atoms with Gasteiger partial charge in [-0.3, -0.25) is 9.69 Å². The summed E-state index contributed by atoms with van der Waals surface area (Å²) < 4.78 is 0. The van der Waals surface area contributed by atoms with Crippen molar-refractivity contribution in [3.05, 3.63) is 11.1 Å². The first-order valence-corrected chi connectivity index (χ1v) is 7.23. The maximum atomic E-state index is 10.9. The zero-order chi connectivity index (χ0) is 13.0. The van der Waals surface area contributed by atoms with E-state index in [4.69, 9.17) is 5.73 Å². The summed E-state index contributed by atoms with van der Waals surface area (Å²) in [6, 6.07) is 0.477. The Morgan fingerprint density at radius 2 is 2.30 bits per heavy atom. The topological polar surface area (TPSA) is 71.2 Å². The average Bonchev–Trinajstić information content (AvgIpc) is 2.76. The van der Waals surface area contributed by atoms with E-state index < -0.39 is 0 Å². The first kappa shape index (κ1) is 19.6. The van der Waals surface area contributed by atoms with Crippen LogP contribution in [0, 0.1) is 0 Å². The number of hydrogen-bond acceptors (Lipinski definition) is 5. The van der Waals surface area contributed by atoms with Crippen LogP contribution in [0.15, 0.2) is 5.38 Å². The zero-order valence-corrected chi connectivity index (χ0v) is 14.0. The van der Waals surface area contributed by atoms with Crippen LogP contribution in [-0.2, 0) is 11.3 Å². The van der Waals surface area contributed by atoms with E-state index in [0.29, 0.717) is 17.7 Å². The summed E-state index contributed by atoms with van der Waals surface area (Å²) in [7, 11) is 0. The molecule has 1 aromatic heterocycles. The van der Waals surface area contributed by atoms with Crippen molar-refractivity contribution in [2.24, 2.45) is 5.73 Å². The maximum absolute atomic E-state index is 10.9. The minimum atomic E-state index is -0.0753. The number of nitrogens with two attached hydrogens (primary N) is 1. The van der Waals surface area contributed by atoms with E-state index in [2.05, 4.69) is 15.2 Å². The highest BCUT2D eigenvalue weighted by Crippen LogP contribution is 2.21. The predicted molar refractivity (Wildman–Crippen MR) is 88.0 cm³/mol. The van der Waals surface area contributed by atoms with Gasteiger partial charge in [0.1, 0.15) is 0 Å². The van der Waals surface area contributed by atoms with Crippen molar-refractivity contribution in [2.75, 3.05) is 18.4 Å². The highest BCUT2D eigenvalue weighted by atomic mass is 35.5. The monoisotopic (exact) mass is 340 g/mol. The van der Waals surface area contributed by atoms with Gasteiger partial charge < -0.3 is 11.1 Å². The Morgan fingerprint density at radius 1 is 1.55 bits per heavy atom. The second-order valence-corrected chi connectivity index (χ2v) is 5.54. The van der Waals surface area contributed by atoms with Gasteiger partial charge in [0.25, 0.3) is 0 Å². The van der Waals surface area contributed by atoms with Crippen LogP contribution >= 0.6 is 36.2 Å². The molecule has 1 aliphatic rings. The van der Waals surface area contributed by atoms with E-state index in [1.54, 1.807) is 0 Å². The summed E-state index contributed by atoms with van der Waals surface area (Å²) in [6.07, 6.45) is 3.69. The Labute approximate surface area is 136 Å². The van der Waals surface area contributed by atoms with E-state index in [1.807, 2.05) is 5.38 Å². The SMILES string of the molecule is CC(=O)Nc1nc(CN2CCCCC2CN)cs1.Cl.Cl. The van der Waals surface area contributed by atoms with Crippen molar-refractivity contribution in [3.8, 4) is 0 Å². The third kappa shape index (κ3) is 5.54. The van der Waals surface area contributed by atoms with Crippen molar-refractivity contribution in [3.63, 3.8) is 0 Å². The summed E-state index contributed by atoms with van der Waals surface area (Å²) in [5.74, 6) is -0.0753. The van der Waals surface area contributed by atoms with Crippen LogP contribution in [0.1, 0.15) is 31.9 Å². The minimum Gasteiger partial charge on any atom is -0.329 e. The van der Waals surface area contributed by atoms with Gasteiger partial charge in [0.2, 0.25) is 5.91 Å². The fourth-order valence-electron chi connectivity index (χ4n) is 2.33. The Hall–Kier alpha value is -0.400. The van der Waals surface area contributed by atoms with E-state index >= 15 is 0 Å². The maximum Gasteiger partial charge on any atom is 0.223 e. The van der Waals surface area contributed by atoms with Gasteiger partial charge in [0.15, 0.2) is 5.13 Å². The fourth-order valence-corrected chi connectivity index (χ4v) is 3.08. The number of aromatic nitrogens is 1. The second kappa shape index (κ2) is 9.52. The van der Waals surface area contributed by atoms with Crippen LogP contribution in [-0.4, -0.2) is 34.9 Å². The molecular weight excluding hydrogens is 319 g/mol. The Kier molecular flexibility index (Phi) is 9.33. The molecule has 1 saturated heterocycles. The van der Waals surface area contributed by atoms with Gasteiger partial charge in [-0.25, -0.2) is 4.98 Å². The molecule has 20 heavy (non-hydrogen) atoms. The molecule has 3 N–H and O–H groups in total. The van der Waals surface area contributed by atoms with Crippen molar-refractivity contribution < 1.29 is 4.79 Å². The van der Waals surface area contributed by atoms with E-state index in [0.717, 1.165) is 18.8 Å². The van der Waals surface area contributed by atoms with Crippen molar-refractivity contribution in [1.29, 1.82) is 0 Å². The number of carbonyl (C=O) groups is 1. The summed E-state index contributed by atoms with van der Waals surface area (Å²) in [4.78, 5) is 17.8. The number of amides is 1. The number of hydrogen-bond donors (Lipinski definition) is 2. The van der Waals surface area contributed by atoms with Crippen LogP contribution in [0.25, 0.3) is 0 Å². The van der Waals surface area contributed by atoms with Crippen molar-refractivity contribution >= 4 is 47.2 Å². The van der Waals surface area contributed by atoms with Gasteiger partial charge in [0, 0.05) is 31.4 Å². The molecule has 5 nitrogen and oxygen atoms in total. The molecule has 1 aliphatic heterocycles. The van der Waals surface area contributed by atoms with Crippen LogP contribution in [0.5, 0.6) is 0 Å². The smallest absolute Gasteiger partial charge is 0.223 e. The molecule has 1 amide bonds. The van der Waals surface area contributed by atoms with Gasteiger partial charge in [-0.1, -0.05) is 6.42 Å². The molecule has 0 radical (unpaired) electrons. The van der Waals surface area contributed by atoms with Crippen LogP contribution in [0.4, 0.5) is 5.13 Å².